The number of benzene rings is 1. The minimum absolute atomic E-state index is 0.00520. The molecule has 0 saturated heterocycles. The molecule has 1 unspecified atom stereocenters. The maximum atomic E-state index is 10.8. The van der Waals surface area contributed by atoms with Crippen molar-refractivity contribution in [2.45, 2.75) is 13.0 Å². The van der Waals surface area contributed by atoms with E-state index in [9.17, 15) is 14.9 Å². The van der Waals surface area contributed by atoms with Crippen LogP contribution in [0.15, 0.2) is 36.9 Å². The third-order valence-corrected chi connectivity index (χ3v) is 1.94. The first-order valence-corrected chi connectivity index (χ1v) is 4.58. The molecule has 0 aliphatic rings. The second kappa shape index (κ2) is 5.06. The van der Waals surface area contributed by atoms with Crippen LogP contribution in [0.25, 0.3) is 0 Å². The molecule has 0 heterocycles. The fourth-order valence-electron chi connectivity index (χ4n) is 1.22. The Kier molecular flexibility index (Phi) is 3.77. The SMILES string of the molecule is C=CC(OC(C)=O)c1ccc([N+](=O)[O-])cc1. The van der Waals surface area contributed by atoms with Crippen molar-refractivity contribution in [2.24, 2.45) is 0 Å². The summed E-state index contributed by atoms with van der Waals surface area (Å²) in [6.45, 7) is 4.83. The number of carbonyl (C=O) groups excluding carboxylic acids is 1. The molecule has 0 bridgehead atoms. The first-order valence-electron chi connectivity index (χ1n) is 4.58. The molecule has 0 fully saturated rings. The average molecular weight is 221 g/mol. The quantitative estimate of drug-likeness (QED) is 0.339. The predicted octanol–water partition coefficient (Wildman–Crippen LogP) is 2.39. The highest BCUT2D eigenvalue weighted by Crippen LogP contribution is 2.21. The van der Waals surface area contributed by atoms with Gasteiger partial charge in [0.25, 0.3) is 5.69 Å². The van der Waals surface area contributed by atoms with Crippen molar-refractivity contribution in [3.05, 3.63) is 52.6 Å². The lowest BCUT2D eigenvalue weighted by molar-refractivity contribution is -0.384. The van der Waals surface area contributed by atoms with Gasteiger partial charge in [0.05, 0.1) is 4.92 Å². The molecule has 84 valence electrons. The molecule has 5 nitrogen and oxygen atoms in total. The van der Waals surface area contributed by atoms with Crippen LogP contribution in [0.4, 0.5) is 5.69 Å². The molecule has 0 amide bonds. The van der Waals surface area contributed by atoms with E-state index in [0.717, 1.165) is 0 Å². The van der Waals surface area contributed by atoms with Crippen LogP contribution in [0, 0.1) is 10.1 Å². The van der Waals surface area contributed by atoms with Gasteiger partial charge in [-0.1, -0.05) is 6.58 Å². The second-order valence-corrected chi connectivity index (χ2v) is 3.11. The Morgan fingerprint density at radius 1 is 1.50 bits per heavy atom. The van der Waals surface area contributed by atoms with Crippen molar-refractivity contribution in [2.75, 3.05) is 0 Å². The monoisotopic (exact) mass is 221 g/mol. The van der Waals surface area contributed by atoms with Crippen molar-refractivity contribution in [3.63, 3.8) is 0 Å². The van der Waals surface area contributed by atoms with Crippen LogP contribution in [-0.2, 0) is 9.53 Å². The molecule has 0 aliphatic carbocycles. The zero-order chi connectivity index (χ0) is 12.1. The van der Waals surface area contributed by atoms with Gasteiger partial charge in [0.15, 0.2) is 0 Å². The van der Waals surface area contributed by atoms with E-state index in [1.165, 1.54) is 37.3 Å². The van der Waals surface area contributed by atoms with Crippen LogP contribution >= 0.6 is 0 Å². The number of hydrogen-bond donors (Lipinski definition) is 0. The Bertz CT molecular complexity index is 410. The predicted molar refractivity (Wildman–Crippen MR) is 57.8 cm³/mol. The molecule has 0 N–H and O–H groups in total. The van der Waals surface area contributed by atoms with E-state index in [2.05, 4.69) is 6.58 Å². The van der Waals surface area contributed by atoms with E-state index in [1.807, 2.05) is 0 Å². The van der Waals surface area contributed by atoms with E-state index >= 15 is 0 Å². The van der Waals surface area contributed by atoms with Crippen LogP contribution in [-0.4, -0.2) is 10.9 Å². The standard InChI is InChI=1S/C11H11NO4/c1-3-11(16-8(2)13)9-4-6-10(7-5-9)12(14)15/h3-7,11H,1H2,2H3. The molecule has 1 aromatic rings. The fourth-order valence-corrected chi connectivity index (χ4v) is 1.22. The summed E-state index contributed by atoms with van der Waals surface area (Å²) in [6.07, 6.45) is 0.890. The van der Waals surface area contributed by atoms with Gasteiger partial charge in [-0.2, -0.15) is 0 Å². The minimum Gasteiger partial charge on any atom is -0.453 e. The number of esters is 1. The molecule has 0 radical (unpaired) electrons. The van der Waals surface area contributed by atoms with Crippen molar-refractivity contribution < 1.29 is 14.5 Å². The lowest BCUT2D eigenvalue weighted by Crippen LogP contribution is -2.05. The third kappa shape index (κ3) is 2.91. The van der Waals surface area contributed by atoms with Gasteiger partial charge >= 0.3 is 5.97 Å². The Morgan fingerprint density at radius 2 is 2.06 bits per heavy atom. The van der Waals surface area contributed by atoms with Crippen LogP contribution < -0.4 is 0 Å². The summed E-state index contributed by atoms with van der Waals surface area (Å²) in [5.41, 5.74) is 0.644. The van der Waals surface area contributed by atoms with Gasteiger partial charge in [0, 0.05) is 19.1 Å². The summed E-state index contributed by atoms with van der Waals surface area (Å²) in [6, 6.07) is 5.78. The summed E-state index contributed by atoms with van der Waals surface area (Å²) in [7, 11) is 0. The first-order chi connectivity index (χ1) is 7.54. The van der Waals surface area contributed by atoms with E-state index in [0.29, 0.717) is 5.56 Å². The van der Waals surface area contributed by atoms with E-state index in [1.54, 1.807) is 0 Å². The average Bonchev–Trinajstić information content (AvgIpc) is 2.25. The molecule has 0 aromatic heterocycles. The van der Waals surface area contributed by atoms with Gasteiger partial charge in [0.1, 0.15) is 6.10 Å². The van der Waals surface area contributed by atoms with Crippen molar-refractivity contribution in [1.29, 1.82) is 0 Å². The van der Waals surface area contributed by atoms with E-state index in [-0.39, 0.29) is 5.69 Å². The van der Waals surface area contributed by atoms with E-state index in [4.69, 9.17) is 4.74 Å². The molecule has 0 saturated carbocycles. The van der Waals surface area contributed by atoms with E-state index < -0.39 is 17.0 Å². The smallest absolute Gasteiger partial charge is 0.303 e. The number of rotatable bonds is 4. The maximum absolute atomic E-state index is 10.8. The molecule has 5 heteroatoms. The highest BCUT2D eigenvalue weighted by molar-refractivity contribution is 5.66. The molecule has 1 atom stereocenters. The van der Waals surface area contributed by atoms with Gasteiger partial charge in [0.2, 0.25) is 0 Å². The fraction of sp³-hybridized carbons (Fsp3) is 0.182. The summed E-state index contributed by atoms with van der Waals surface area (Å²) < 4.78 is 4.96. The molecule has 16 heavy (non-hydrogen) atoms. The summed E-state index contributed by atoms with van der Waals surface area (Å²) >= 11 is 0. The molecule has 1 aromatic carbocycles. The summed E-state index contributed by atoms with van der Waals surface area (Å²) in [4.78, 5) is 20.7. The zero-order valence-electron chi connectivity index (χ0n) is 8.75. The van der Waals surface area contributed by atoms with Crippen molar-refractivity contribution >= 4 is 11.7 Å². The number of hydrogen-bond acceptors (Lipinski definition) is 4. The Hall–Kier alpha value is -2.17. The molecule has 0 spiro atoms. The van der Waals surface area contributed by atoms with Gasteiger partial charge in [-0.25, -0.2) is 0 Å². The number of nitrogens with zero attached hydrogens (tertiary/aromatic N) is 1. The van der Waals surface area contributed by atoms with Crippen LogP contribution in [0.3, 0.4) is 0 Å². The van der Waals surface area contributed by atoms with Crippen molar-refractivity contribution in [1.82, 2.24) is 0 Å². The van der Waals surface area contributed by atoms with Gasteiger partial charge in [-0.05, 0) is 23.8 Å². The highest BCUT2D eigenvalue weighted by Gasteiger charge is 2.12. The third-order valence-electron chi connectivity index (χ3n) is 1.94. The molecular weight excluding hydrogens is 210 g/mol. The maximum Gasteiger partial charge on any atom is 0.303 e. The topological polar surface area (TPSA) is 69.4 Å². The van der Waals surface area contributed by atoms with Gasteiger partial charge in [-0.15, -0.1) is 0 Å². The number of non-ortho nitro benzene ring substituents is 1. The lowest BCUT2D eigenvalue weighted by atomic mass is 10.1. The molecule has 1 rings (SSSR count). The number of nitro benzene ring substituents is 1. The zero-order valence-corrected chi connectivity index (χ0v) is 8.75. The lowest BCUT2D eigenvalue weighted by Gasteiger charge is -2.12. The Morgan fingerprint density at radius 3 is 2.44 bits per heavy atom. The minimum atomic E-state index is -0.571. The summed E-state index contributed by atoms with van der Waals surface area (Å²) in [5.74, 6) is -0.428. The van der Waals surface area contributed by atoms with Crippen molar-refractivity contribution in [3.8, 4) is 0 Å². The number of ether oxygens (including phenoxy) is 1. The normalized spacial score (nSPS) is 11.6. The number of nitro groups is 1. The largest absolute Gasteiger partial charge is 0.453 e. The van der Waals surface area contributed by atoms with Gasteiger partial charge in [-0.3, -0.25) is 14.9 Å². The van der Waals surface area contributed by atoms with Crippen LogP contribution in [0.5, 0.6) is 0 Å². The molecular formula is C11H11NO4. The van der Waals surface area contributed by atoms with Gasteiger partial charge < -0.3 is 4.74 Å². The Balaban J connectivity index is 2.90. The second-order valence-electron chi connectivity index (χ2n) is 3.11. The summed E-state index contributed by atoms with van der Waals surface area (Å²) in [5, 5.41) is 10.4. The number of carbonyl (C=O) groups is 1. The highest BCUT2D eigenvalue weighted by atomic mass is 16.6. The van der Waals surface area contributed by atoms with Crippen LogP contribution in [0.1, 0.15) is 18.6 Å². The Labute approximate surface area is 92.5 Å². The first kappa shape index (κ1) is 11.9. The molecule has 0 aliphatic heterocycles. The van der Waals surface area contributed by atoms with Crippen LogP contribution in [0.2, 0.25) is 0 Å².